The van der Waals surface area contributed by atoms with Crippen LogP contribution in [0.5, 0.6) is 0 Å². The van der Waals surface area contributed by atoms with Crippen molar-refractivity contribution in [1.29, 1.82) is 0 Å². The van der Waals surface area contributed by atoms with Gasteiger partial charge in [0.15, 0.2) is 0 Å². The van der Waals surface area contributed by atoms with E-state index < -0.39 is 0 Å². The lowest BCUT2D eigenvalue weighted by Gasteiger charge is -2.45. The number of thiophene rings is 1. The number of hydrogen-bond donors (Lipinski definition) is 0. The number of hydrogen-bond acceptors (Lipinski definition) is 4. The van der Waals surface area contributed by atoms with Crippen molar-refractivity contribution in [3.05, 3.63) is 180 Å². The average Bonchev–Trinajstić information content (AvgIpc) is 3.67. The third kappa shape index (κ3) is 6.75. The Labute approximate surface area is 391 Å². The van der Waals surface area contributed by atoms with Crippen molar-refractivity contribution in [3.8, 4) is 0 Å². The van der Waals surface area contributed by atoms with Gasteiger partial charge >= 0.3 is 0 Å². The molecule has 11 rings (SSSR count). The van der Waals surface area contributed by atoms with E-state index >= 15 is 0 Å². The molecule has 0 saturated carbocycles. The first-order chi connectivity index (χ1) is 31.0. The second-order valence-electron chi connectivity index (χ2n) is 22.1. The predicted octanol–water partition coefficient (Wildman–Crippen LogP) is 15.4. The number of rotatable bonds is 5. The van der Waals surface area contributed by atoms with Crippen LogP contribution in [0.3, 0.4) is 0 Å². The first kappa shape index (κ1) is 41.7. The van der Waals surface area contributed by atoms with Crippen molar-refractivity contribution in [3.63, 3.8) is 0 Å². The molecule has 8 aromatic rings. The van der Waals surface area contributed by atoms with Gasteiger partial charge in [0.25, 0.3) is 6.71 Å². The molecule has 0 unspecified atom stereocenters. The van der Waals surface area contributed by atoms with Gasteiger partial charge in [0.2, 0.25) is 0 Å². The van der Waals surface area contributed by atoms with Gasteiger partial charge in [0, 0.05) is 54.7 Å². The van der Waals surface area contributed by atoms with Gasteiger partial charge in [0.1, 0.15) is 0 Å². The Balaban J connectivity index is 1.28. The van der Waals surface area contributed by atoms with Gasteiger partial charge < -0.3 is 14.7 Å². The van der Waals surface area contributed by atoms with Crippen LogP contribution in [-0.4, -0.2) is 6.71 Å². The first-order valence-electron chi connectivity index (χ1n) is 23.6. The van der Waals surface area contributed by atoms with Crippen molar-refractivity contribution in [2.24, 2.45) is 0 Å². The monoisotopic (exact) mass is 865 g/mol. The van der Waals surface area contributed by atoms with E-state index in [9.17, 15) is 0 Å². The zero-order valence-electron chi connectivity index (χ0n) is 39.8. The van der Waals surface area contributed by atoms with E-state index in [0.717, 1.165) is 29.2 Å². The molecule has 0 saturated heterocycles. The standard InChI is InChI=1S/C60H60BN3S/c1-57(2,3)39-25-28-43(29-26-39)63-50-32-27-40(58(4,5)6)35-49(50)61-54-51(63)37-45(62(41-19-13-11-14-20-41)42-21-15-12-16-22-42)38-52(54)64(55-46-23-17-18-24-53(46)65-56(55)61)44-30-31-47-48(36-44)60(9,10)34-33-59(47,7)8/h11-32,35-38H,33-34H2,1-10H3. The van der Waals surface area contributed by atoms with Crippen LogP contribution in [0, 0.1) is 0 Å². The highest BCUT2D eigenvalue weighted by Gasteiger charge is 2.47. The second-order valence-corrected chi connectivity index (χ2v) is 23.2. The molecule has 3 aliphatic rings. The van der Waals surface area contributed by atoms with Crippen LogP contribution >= 0.6 is 11.3 Å². The van der Waals surface area contributed by atoms with Gasteiger partial charge in [-0.2, -0.15) is 0 Å². The molecule has 1 aromatic heterocycles. The molecule has 3 nitrogen and oxygen atoms in total. The first-order valence-corrected chi connectivity index (χ1v) is 24.4. The average molecular weight is 866 g/mol. The third-order valence-corrected chi connectivity index (χ3v) is 16.0. The fourth-order valence-corrected chi connectivity index (χ4v) is 12.3. The van der Waals surface area contributed by atoms with Crippen LogP contribution in [0.2, 0.25) is 0 Å². The molecule has 1 aliphatic carbocycles. The molecule has 7 aromatic carbocycles. The highest BCUT2D eigenvalue weighted by Crippen LogP contribution is 2.53. The summed E-state index contributed by atoms with van der Waals surface area (Å²) in [6.07, 6.45) is 2.35. The number of anilines is 9. The van der Waals surface area contributed by atoms with Gasteiger partial charge in [-0.15, -0.1) is 11.3 Å². The number of benzene rings is 7. The summed E-state index contributed by atoms with van der Waals surface area (Å²) in [7, 11) is 0. The van der Waals surface area contributed by atoms with E-state index in [2.05, 4.69) is 242 Å². The Morgan fingerprint density at radius 3 is 1.69 bits per heavy atom. The summed E-state index contributed by atoms with van der Waals surface area (Å²) in [6.45, 7) is 23.8. The molecule has 324 valence electrons. The van der Waals surface area contributed by atoms with Gasteiger partial charge in [-0.25, -0.2) is 0 Å². The third-order valence-electron chi connectivity index (χ3n) is 14.8. The van der Waals surface area contributed by atoms with Gasteiger partial charge in [-0.3, -0.25) is 0 Å². The normalized spacial score (nSPS) is 15.9. The number of para-hydroxylation sites is 2. The summed E-state index contributed by atoms with van der Waals surface area (Å²) in [6, 6.07) is 60.1. The lowest BCUT2D eigenvalue weighted by molar-refractivity contribution is 0.332. The zero-order chi connectivity index (χ0) is 45.2. The summed E-state index contributed by atoms with van der Waals surface area (Å²) in [5.74, 6) is 0. The maximum Gasteiger partial charge on any atom is 0.264 e. The largest absolute Gasteiger partial charge is 0.311 e. The van der Waals surface area contributed by atoms with Gasteiger partial charge in [-0.1, -0.05) is 154 Å². The molecule has 0 spiro atoms. The molecule has 0 N–H and O–H groups in total. The van der Waals surface area contributed by atoms with Crippen LogP contribution in [0.1, 0.15) is 104 Å². The highest BCUT2D eigenvalue weighted by molar-refractivity contribution is 7.33. The van der Waals surface area contributed by atoms with E-state index in [1.165, 1.54) is 82.9 Å². The molecule has 5 heteroatoms. The van der Waals surface area contributed by atoms with Crippen molar-refractivity contribution in [2.75, 3.05) is 14.7 Å². The van der Waals surface area contributed by atoms with E-state index in [-0.39, 0.29) is 28.4 Å². The maximum absolute atomic E-state index is 2.67. The smallest absolute Gasteiger partial charge is 0.264 e. The SMILES string of the molecule is CC(C)(C)c1ccc(N2c3ccc(C(C)(C)C)cc3B3c4sc5ccccc5c4N(c4ccc5c(c4)C(C)(C)CCC5(C)C)c4cc(N(c5ccccc5)c5ccccc5)cc2c43)cc1. The molecule has 0 bridgehead atoms. The minimum absolute atomic E-state index is 0.0231. The van der Waals surface area contributed by atoms with E-state index in [1.807, 2.05) is 11.3 Å². The van der Waals surface area contributed by atoms with Gasteiger partial charge in [-0.05, 0) is 140 Å². The fraction of sp³-hybridized carbons (Fsp3) is 0.267. The molecule has 0 amide bonds. The topological polar surface area (TPSA) is 9.72 Å². The van der Waals surface area contributed by atoms with Crippen LogP contribution in [0.25, 0.3) is 10.1 Å². The summed E-state index contributed by atoms with van der Waals surface area (Å²) in [5, 5.41) is 1.30. The molecule has 3 heterocycles. The zero-order valence-corrected chi connectivity index (χ0v) is 40.6. The summed E-state index contributed by atoms with van der Waals surface area (Å²) in [4.78, 5) is 7.69. The summed E-state index contributed by atoms with van der Waals surface area (Å²) in [5.41, 5.74) is 19.2. The molecular weight excluding hydrogens is 806 g/mol. The van der Waals surface area contributed by atoms with E-state index in [4.69, 9.17) is 0 Å². The van der Waals surface area contributed by atoms with Crippen molar-refractivity contribution < 1.29 is 0 Å². The molecule has 65 heavy (non-hydrogen) atoms. The molecule has 2 aliphatic heterocycles. The van der Waals surface area contributed by atoms with Crippen LogP contribution in [-0.2, 0) is 21.7 Å². The molecule has 0 fully saturated rings. The van der Waals surface area contributed by atoms with Crippen molar-refractivity contribution >= 4 is 95.0 Å². The number of fused-ring (bicyclic) bond motifs is 7. The fourth-order valence-electron chi connectivity index (χ4n) is 11.0. The van der Waals surface area contributed by atoms with Gasteiger partial charge in [0.05, 0.1) is 11.4 Å². The minimum atomic E-state index is -0.0273. The second kappa shape index (κ2) is 14.7. The molecule has 0 radical (unpaired) electrons. The molecule has 0 atom stereocenters. The summed E-state index contributed by atoms with van der Waals surface area (Å²) < 4.78 is 2.73. The van der Waals surface area contributed by atoms with Crippen LogP contribution in [0.4, 0.5) is 51.2 Å². The quantitative estimate of drug-likeness (QED) is 0.160. The summed E-state index contributed by atoms with van der Waals surface area (Å²) >= 11 is 1.98. The number of nitrogens with zero attached hydrogens (tertiary/aromatic N) is 3. The van der Waals surface area contributed by atoms with Crippen molar-refractivity contribution in [1.82, 2.24) is 0 Å². The van der Waals surface area contributed by atoms with Crippen LogP contribution < -0.4 is 30.4 Å². The molecular formula is C60H60BN3S. The van der Waals surface area contributed by atoms with Crippen LogP contribution in [0.15, 0.2) is 158 Å². The van der Waals surface area contributed by atoms with E-state index in [0.29, 0.717) is 0 Å². The lowest BCUT2D eigenvalue weighted by Crippen LogP contribution is -2.60. The Morgan fingerprint density at radius 1 is 0.508 bits per heavy atom. The highest BCUT2D eigenvalue weighted by atomic mass is 32.1. The Kier molecular flexibility index (Phi) is 9.45. The Bertz CT molecular complexity index is 3090. The Morgan fingerprint density at radius 2 is 1.06 bits per heavy atom. The van der Waals surface area contributed by atoms with Crippen molar-refractivity contribution in [2.45, 2.75) is 104 Å². The maximum atomic E-state index is 2.67. The lowest BCUT2D eigenvalue weighted by atomic mass is 9.36. The van der Waals surface area contributed by atoms with E-state index in [1.54, 1.807) is 0 Å². The predicted molar refractivity (Wildman–Crippen MR) is 283 cm³/mol. The Hall–Kier alpha value is -6.04. The minimum Gasteiger partial charge on any atom is -0.311 e.